The third kappa shape index (κ3) is 3.76. The maximum absolute atomic E-state index is 12.9. The van der Waals surface area contributed by atoms with Crippen molar-refractivity contribution in [3.8, 4) is 11.5 Å². The first kappa shape index (κ1) is 16.7. The fraction of sp³-hybridized carbons (Fsp3) is 0.650. The molecule has 5 heteroatoms. The van der Waals surface area contributed by atoms with E-state index in [1.807, 2.05) is 6.07 Å². The van der Waals surface area contributed by atoms with Gasteiger partial charge in [0.2, 0.25) is 5.91 Å². The van der Waals surface area contributed by atoms with Crippen LogP contribution in [-0.2, 0) is 4.79 Å². The molecule has 3 aliphatic rings. The van der Waals surface area contributed by atoms with E-state index in [2.05, 4.69) is 21.9 Å². The van der Waals surface area contributed by atoms with Gasteiger partial charge >= 0.3 is 0 Å². The average molecular weight is 344 g/mol. The average Bonchev–Trinajstić information content (AvgIpc) is 3.01. The Morgan fingerprint density at radius 1 is 0.960 bits per heavy atom. The van der Waals surface area contributed by atoms with Crippen molar-refractivity contribution in [2.75, 3.05) is 39.4 Å². The van der Waals surface area contributed by atoms with Gasteiger partial charge in [0.05, 0.1) is 25.8 Å². The van der Waals surface area contributed by atoms with E-state index in [9.17, 15) is 4.79 Å². The van der Waals surface area contributed by atoms with E-state index in [1.54, 1.807) is 0 Å². The van der Waals surface area contributed by atoms with Crippen LogP contribution in [0.1, 0.15) is 50.1 Å². The van der Waals surface area contributed by atoms with Gasteiger partial charge in [-0.25, -0.2) is 0 Å². The zero-order chi connectivity index (χ0) is 17.1. The summed E-state index contributed by atoms with van der Waals surface area (Å²) in [5, 5.41) is 0. The molecule has 0 saturated carbocycles. The molecule has 0 radical (unpaired) electrons. The Labute approximate surface area is 149 Å². The molecule has 2 saturated heterocycles. The highest BCUT2D eigenvalue weighted by Crippen LogP contribution is 2.38. The number of hydrogen-bond acceptors (Lipinski definition) is 4. The number of carbonyl (C=O) groups excluding carboxylic acids is 1. The van der Waals surface area contributed by atoms with E-state index >= 15 is 0 Å². The van der Waals surface area contributed by atoms with Crippen LogP contribution in [0.2, 0.25) is 0 Å². The summed E-state index contributed by atoms with van der Waals surface area (Å²) in [5.41, 5.74) is 1.17. The lowest BCUT2D eigenvalue weighted by Crippen LogP contribution is -2.42. The lowest BCUT2D eigenvalue weighted by molar-refractivity contribution is -0.133. The molecular weight excluding hydrogens is 316 g/mol. The van der Waals surface area contributed by atoms with Gasteiger partial charge in [0, 0.05) is 13.0 Å². The molecule has 0 bridgehead atoms. The highest BCUT2D eigenvalue weighted by atomic mass is 16.5. The first-order valence-corrected chi connectivity index (χ1v) is 9.72. The molecule has 5 nitrogen and oxygen atoms in total. The van der Waals surface area contributed by atoms with Gasteiger partial charge in [0.25, 0.3) is 0 Å². The molecule has 1 atom stereocenters. The summed E-state index contributed by atoms with van der Waals surface area (Å²) in [6, 6.07) is 6.36. The van der Waals surface area contributed by atoms with Gasteiger partial charge < -0.3 is 14.4 Å². The predicted octanol–water partition coefficient (Wildman–Crippen LogP) is 3.00. The summed E-state index contributed by atoms with van der Waals surface area (Å²) < 4.78 is 11.6. The normalized spacial score (nSPS) is 24.2. The summed E-state index contributed by atoms with van der Waals surface area (Å²) >= 11 is 0. The van der Waals surface area contributed by atoms with E-state index in [0.717, 1.165) is 50.4 Å². The van der Waals surface area contributed by atoms with Gasteiger partial charge in [-0.3, -0.25) is 9.69 Å². The molecule has 4 rings (SSSR count). The van der Waals surface area contributed by atoms with E-state index in [0.29, 0.717) is 19.8 Å². The fourth-order valence-corrected chi connectivity index (χ4v) is 4.20. The molecule has 2 fully saturated rings. The number of hydrogen-bond donors (Lipinski definition) is 0. The van der Waals surface area contributed by atoms with Gasteiger partial charge in [-0.1, -0.05) is 12.5 Å². The standard InChI is InChI=1S/C20H28N2O3/c23-20(15-21-9-2-1-3-10-21)22-11-4-6-17(22)16-7-8-18-19(14-16)25-13-5-12-24-18/h7-8,14,17H,1-6,9-13,15H2/t17-/m1/s1. The summed E-state index contributed by atoms with van der Waals surface area (Å²) in [7, 11) is 0. The Morgan fingerprint density at radius 2 is 1.76 bits per heavy atom. The minimum atomic E-state index is 0.175. The van der Waals surface area contributed by atoms with Crippen LogP contribution in [0.25, 0.3) is 0 Å². The van der Waals surface area contributed by atoms with Gasteiger partial charge in [-0.15, -0.1) is 0 Å². The van der Waals surface area contributed by atoms with Crippen molar-refractivity contribution >= 4 is 5.91 Å². The summed E-state index contributed by atoms with van der Waals surface area (Å²) in [6.07, 6.45) is 6.76. The maximum Gasteiger partial charge on any atom is 0.237 e. The zero-order valence-corrected chi connectivity index (χ0v) is 14.9. The van der Waals surface area contributed by atoms with Crippen LogP contribution in [0.15, 0.2) is 18.2 Å². The number of amides is 1. The van der Waals surface area contributed by atoms with Crippen LogP contribution in [0.4, 0.5) is 0 Å². The second kappa shape index (κ2) is 7.65. The molecule has 0 aliphatic carbocycles. The van der Waals surface area contributed by atoms with E-state index in [1.165, 1.54) is 24.8 Å². The highest BCUT2D eigenvalue weighted by molar-refractivity contribution is 5.79. The summed E-state index contributed by atoms with van der Waals surface area (Å²) in [4.78, 5) is 17.3. The number of carbonyl (C=O) groups is 1. The minimum absolute atomic E-state index is 0.175. The number of likely N-dealkylation sites (tertiary alicyclic amines) is 2. The summed E-state index contributed by atoms with van der Waals surface area (Å²) in [5.74, 6) is 1.92. The fourth-order valence-electron chi connectivity index (χ4n) is 4.20. The van der Waals surface area contributed by atoms with Gasteiger partial charge in [-0.2, -0.15) is 0 Å². The Bertz CT molecular complexity index is 613. The van der Waals surface area contributed by atoms with Crippen LogP contribution in [0.3, 0.4) is 0 Å². The Balaban J connectivity index is 1.47. The second-order valence-corrected chi connectivity index (χ2v) is 7.34. The number of ether oxygens (including phenoxy) is 2. The van der Waals surface area contributed by atoms with Crippen molar-refractivity contribution < 1.29 is 14.3 Å². The Morgan fingerprint density at radius 3 is 2.60 bits per heavy atom. The van der Waals surface area contributed by atoms with Crippen molar-refractivity contribution in [2.45, 2.75) is 44.6 Å². The van der Waals surface area contributed by atoms with E-state index < -0.39 is 0 Å². The lowest BCUT2D eigenvalue weighted by Gasteiger charge is -2.31. The molecule has 1 amide bonds. The van der Waals surface area contributed by atoms with Crippen LogP contribution in [0, 0.1) is 0 Å². The minimum Gasteiger partial charge on any atom is -0.490 e. The molecule has 1 aromatic carbocycles. The third-order valence-corrected chi connectivity index (χ3v) is 5.54. The smallest absolute Gasteiger partial charge is 0.237 e. The Kier molecular flexibility index (Phi) is 5.11. The number of rotatable bonds is 3. The van der Waals surface area contributed by atoms with Crippen molar-refractivity contribution in [1.29, 1.82) is 0 Å². The van der Waals surface area contributed by atoms with Crippen molar-refractivity contribution in [2.24, 2.45) is 0 Å². The number of fused-ring (bicyclic) bond motifs is 1. The van der Waals surface area contributed by atoms with Crippen LogP contribution >= 0.6 is 0 Å². The SMILES string of the molecule is O=C(CN1CCCCC1)N1CCC[C@@H]1c1ccc2c(c1)OCCCO2. The van der Waals surface area contributed by atoms with Crippen LogP contribution in [0.5, 0.6) is 11.5 Å². The van der Waals surface area contributed by atoms with Gasteiger partial charge in [-0.05, 0) is 56.5 Å². The molecular formula is C20H28N2O3. The molecule has 3 aliphatic heterocycles. The van der Waals surface area contributed by atoms with E-state index in [4.69, 9.17) is 9.47 Å². The van der Waals surface area contributed by atoms with Crippen molar-refractivity contribution in [3.63, 3.8) is 0 Å². The molecule has 0 aromatic heterocycles. The molecule has 0 N–H and O–H groups in total. The maximum atomic E-state index is 12.9. The molecule has 0 unspecified atom stereocenters. The number of piperidine rings is 1. The number of benzene rings is 1. The first-order chi connectivity index (χ1) is 12.3. The highest BCUT2D eigenvalue weighted by Gasteiger charge is 2.31. The molecule has 3 heterocycles. The van der Waals surface area contributed by atoms with Crippen LogP contribution in [-0.4, -0.2) is 55.1 Å². The third-order valence-electron chi connectivity index (χ3n) is 5.54. The predicted molar refractivity (Wildman–Crippen MR) is 96.0 cm³/mol. The van der Waals surface area contributed by atoms with Crippen molar-refractivity contribution in [3.05, 3.63) is 23.8 Å². The first-order valence-electron chi connectivity index (χ1n) is 9.72. The quantitative estimate of drug-likeness (QED) is 0.845. The number of nitrogens with zero attached hydrogens (tertiary/aromatic N) is 2. The topological polar surface area (TPSA) is 42.0 Å². The zero-order valence-electron chi connectivity index (χ0n) is 14.9. The van der Waals surface area contributed by atoms with E-state index in [-0.39, 0.29) is 11.9 Å². The van der Waals surface area contributed by atoms with Gasteiger partial charge in [0.15, 0.2) is 11.5 Å². The molecule has 0 spiro atoms. The molecule has 1 aromatic rings. The van der Waals surface area contributed by atoms with Crippen molar-refractivity contribution in [1.82, 2.24) is 9.80 Å². The Hall–Kier alpha value is -1.75. The largest absolute Gasteiger partial charge is 0.490 e. The molecule has 25 heavy (non-hydrogen) atoms. The van der Waals surface area contributed by atoms with Gasteiger partial charge in [0.1, 0.15) is 0 Å². The second-order valence-electron chi connectivity index (χ2n) is 7.34. The summed E-state index contributed by atoms with van der Waals surface area (Å²) in [6.45, 7) is 4.96. The van der Waals surface area contributed by atoms with Crippen LogP contribution < -0.4 is 9.47 Å². The monoisotopic (exact) mass is 344 g/mol. The molecule has 136 valence electrons. The lowest BCUT2D eigenvalue weighted by atomic mass is 10.0.